The highest BCUT2D eigenvalue weighted by atomic mass is 79.9. The normalized spacial score (nSPS) is 12.5. The number of halogens is 3. The van der Waals surface area contributed by atoms with Crippen molar-refractivity contribution in [2.75, 3.05) is 0 Å². The van der Waals surface area contributed by atoms with E-state index in [0.717, 1.165) is 9.50 Å². The zero-order chi connectivity index (χ0) is 12.4. The van der Waals surface area contributed by atoms with Gasteiger partial charge in [-0.05, 0) is 47.9 Å². The van der Waals surface area contributed by atoms with E-state index in [0.29, 0.717) is 0 Å². The maximum absolute atomic E-state index is 6.05. The lowest BCUT2D eigenvalue weighted by molar-refractivity contribution is 1.14. The van der Waals surface area contributed by atoms with Crippen molar-refractivity contribution in [2.45, 2.75) is 11.8 Å². The third-order valence-electron chi connectivity index (χ3n) is 2.68. The molecular weight excluding hydrogens is 363 g/mol. The first-order valence-corrected chi connectivity index (χ1v) is 7.32. The van der Waals surface area contributed by atoms with E-state index >= 15 is 0 Å². The molecule has 3 heteroatoms. The minimum atomic E-state index is 0.175. The third-order valence-corrected chi connectivity index (χ3v) is 4.46. The predicted octanol–water partition coefficient (Wildman–Crippen LogP) is 5.90. The number of hydrogen-bond acceptors (Lipinski definition) is 0. The molecule has 0 bridgehead atoms. The van der Waals surface area contributed by atoms with E-state index in [2.05, 4.69) is 50.9 Å². The number of rotatable bonds is 2. The molecule has 0 saturated heterocycles. The number of aryl methyl sites for hydroxylation is 1. The van der Waals surface area contributed by atoms with Gasteiger partial charge in [0.05, 0.1) is 4.83 Å². The van der Waals surface area contributed by atoms with Gasteiger partial charge in [-0.25, -0.2) is 0 Å². The molecule has 2 aromatic carbocycles. The Hall–Kier alpha value is -0.310. The fourth-order valence-corrected chi connectivity index (χ4v) is 2.94. The molecule has 0 heterocycles. The van der Waals surface area contributed by atoms with E-state index in [1.807, 2.05) is 30.3 Å². The van der Waals surface area contributed by atoms with Crippen molar-refractivity contribution < 1.29 is 0 Å². The average molecular weight is 375 g/mol. The van der Waals surface area contributed by atoms with Crippen molar-refractivity contribution >= 4 is 43.5 Å². The van der Waals surface area contributed by atoms with Crippen LogP contribution in [-0.2, 0) is 0 Å². The summed E-state index contributed by atoms with van der Waals surface area (Å²) in [7, 11) is 0. The van der Waals surface area contributed by atoms with E-state index in [1.54, 1.807) is 0 Å². The Morgan fingerprint density at radius 1 is 1.06 bits per heavy atom. The molecule has 0 N–H and O–H groups in total. The molecule has 1 atom stereocenters. The molecule has 0 saturated carbocycles. The molecule has 0 aliphatic rings. The average Bonchev–Trinajstić information content (AvgIpc) is 2.32. The summed E-state index contributed by atoms with van der Waals surface area (Å²) in [6.07, 6.45) is 0. The molecule has 2 aromatic rings. The summed E-state index contributed by atoms with van der Waals surface area (Å²) in [5, 5.41) is 0.771. The van der Waals surface area contributed by atoms with Gasteiger partial charge in [0.2, 0.25) is 0 Å². The lowest BCUT2D eigenvalue weighted by Crippen LogP contribution is -1.95. The largest absolute Gasteiger partial charge is 0.0843 e. The first-order chi connectivity index (χ1) is 8.08. The van der Waals surface area contributed by atoms with Crippen LogP contribution in [-0.4, -0.2) is 0 Å². The minimum absolute atomic E-state index is 0.175. The maximum Gasteiger partial charge on any atom is 0.0647 e. The van der Waals surface area contributed by atoms with Crippen LogP contribution in [0.4, 0.5) is 0 Å². The van der Waals surface area contributed by atoms with Crippen molar-refractivity contribution in [2.24, 2.45) is 0 Å². The van der Waals surface area contributed by atoms with Crippen LogP contribution >= 0.6 is 43.5 Å². The first-order valence-electron chi connectivity index (χ1n) is 5.23. The molecule has 88 valence electrons. The second-order valence-electron chi connectivity index (χ2n) is 3.92. The van der Waals surface area contributed by atoms with Crippen LogP contribution in [0.3, 0.4) is 0 Å². The monoisotopic (exact) mass is 372 g/mol. The van der Waals surface area contributed by atoms with Gasteiger partial charge in [0.15, 0.2) is 0 Å². The smallest absolute Gasteiger partial charge is 0.0647 e. The van der Waals surface area contributed by atoms with Gasteiger partial charge in [-0.3, -0.25) is 0 Å². The van der Waals surface area contributed by atoms with E-state index in [4.69, 9.17) is 11.6 Å². The molecule has 2 rings (SSSR count). The summed E-state index contributed by atoms with van der Waals surface area (Å²) < 4.78 is 1.09. The molecule has 1 unspecified atom stereocenters. The van der Waals surface area contributed by atoms with Crippen molar-refractivity contribution in [3.8, 4) is 0 Å². The van der Waals surface area contributed by atoms with Gasteiger partial charge in [0.25, 0.3) is 0 Å². The van der Waals surface area contributed by atoms with Crippen molar-refractivity contribution in [1.82, 2.24) is 0 Å². The Morgan fingerprint density at radius 3 is 2.35 bits per heavy atom. The van der Waals surface area contributed by atoms with Gasteiger partial charge in [0, 0.05) is 9.50 Å². The molecule has 0 amide bonds. The summed E-state index contributed by atoms with van der Waals surface area (Å²) >= 11 is 13.2. The molecule has 0 nitrogen and oxygen atoms in total. The van der Waals surface area contributed by atoms with E-state index in [-0.39, 0.29) is 4.83 Å². The van der Waals surface area contributed by atoms with E-state index < -0.39 is 0 Å². The minimum Gasteiger partial charge on any atom is -0.0843 e. The van der Waals surface area contributed by atoms with E-state index in [9.17, 15) is 0 Å². The van der Waals surface area contributed by atoms with Crippen LogP contribution in [0, 0.1) is 6.92 Å². The molecule has 0 aromatic heterocycles. The first kappa shape index (κ1) is 13.1. The summed E-state index contributed by atoms with van der Waals surface area (Å²) in [6, 6.07) is 14.3. The Morgan fingerprint density at radius 2 is 1.71 bits per heavy atom. The molecule has 0 radical (unpaired) electrons. The summed E-state index contributed by atoms with van der Waals surface area (Å²) in [5.41, 5.74) is 3.66. The van der Waals surface area contributed by atoms with Crippen molar-refractivity contribution in [3.05, 3.63) is 68.7 Å². The highest BCUT2D eigenvalue weighted by molar-refractivity contribution is 9.10. The second-order valence-corrected chi connectivity index (χ2v) is 6.18. The van der Waals surface area contributed by atoms with Gasteiger partial charge in [-0.15, -0.1) is 0 Å². The lowest BCUT2D eigenvalue weighted by Gasteiger charge is -2.14. The number of alkyl halides is 1. The van der Waals surface area contributed by atoms with Gasteiger partial charge in [0.1, 0.15) is 0 Å². The Labute approximate surface area is 123 Å². The maximum atomic E-state index is 6.05. The van der Waals surface area contributed by atoms with Crippen molar-refractivity contribution in [3.63, 3.8) is 0 Å². The summed E-state index contributed by atoms with van der Waals surface area (Å²) in [5.74, 6) is 0. The molecule has 17 heavy (non-hydrogen) atoms. The topological polar surface area (TPSA) is 0 Å². The lowest BCUT2D eigenvalue weighted by atomic mass is 10.0. The van der Waals surface area contributed by atoms with Gasteiger partial charge < -0.3 is 0 Å². The zero-order valence-corrected chi connectivity index (χ0v) is 13.2. The fourth-order valence-electron chi connectivity index (χ4n) is 1.70. The highest BCUT2D eigenvalue weighted by Gasteiger charge is 2.12. The van der Waals surface area contributed by atoms with Crippen LogP contribution in [0.15, 0.2) is 46.9 Å². The summed E-state index contributed by atoms with van der Waals surface area (Å²) in [4.78, 5) is 0.175. The highest BCUT2D eigenvalue weighted by Crippen LogP contribution is 2.34. The number of hydrogen-bond donors (Lipinski definition) is 0. The Balaban J connectivity index is 2.39. The van der Waals surface area contributed by atoms with Crippen LogP contribution in [0.25, 0.3) is 0 Å². The molecule has 0 spiro atoms. The van der Waals surface area contributed by atoms with Gasteiger partial charge in [-0.2, -0.15) is 0 Å². The molecule has 0 fully saturated rings. The standard InChI is InChI=1S/C14H11Br2Cl/c1-9-2-7-12(17)8-13(9)14(16)10-3-5-11(15)6-4-10/h2-8,14H,1H3. The third kappa shape index (κ3) is 3.12. The van der Waals surface area contributed by atoms with E-state index in [1.165, 1.54) is 16.7 Å². The molecule has 0 aliphatic heterocycles. The van der Waals surface area contributed by atoms with Gasteiger partial charge >= 0.3 is 0 Å². The fraction of sp³-hybridized carbons (Fsp3) is 0.143. The Kier molecular flexibility index (Phi) is 4.29. The van der Waals surface area contributed by atoms with Crippen LogP contribution < -0.4 is 0 Å². The Bertz CT molecular complexity index is 520. The van der Waals surface area contributed by atoms with Crippen LogP contribution in [0.5, 0.6) is 0 Å². The molecule has 0 aliphatic carbocycles. The summed E-state index contributed by atoms with van der Waals surface area (Å²) in [6.45, 7) is 2.10. The predicted molar refractivity (Wildman–Crippen MR) is 81.1 cm³/mol. The van der Waals surface area contributed by atoms with Gasteiger partial charge in [-0.1, -0.05) is 61.7 Å². The second kappa shape index (κ2) is 5.55. The van der Waals surface area contributed by atoms with Crippen molar-refractivity contribution in [1.29, 1.82) is 0 Å². The number of benzene rings is 2. The zero-order valence-electron chi connectivity index (χ0n) is 9.25. The van der Waals surface area contributed by atoms with Crippen LogP contribution in [0.2, 0.25) is 5.02 Å². The van der Waals surface area contributed by atoms with Crippen LogP contribution in [0.1, 0.15) is 21.5 Å². The molecular formula is C14H11Br2Cl. The quantitative estimate of drug-likeness (QED) is 0.575. The SMILES string of the molecule is Cc1ccc(Cl)cc1C(Br)c1ccc(Br)cc1.